The number of aromatic nitrogens is 4. The van der Waals surface area contributed by atoms with Gasteiger partial charge in [0.15, 0.2) is 23.0 Å². The monoisotopic (exact) mass is 381 g/mol. The van der Waals surface area contributed by atoms with E-state index in [0.29, 0.717) is 17.4 Å². The molecule has 1 N–H and O–H groups in total. The first-order valence-electron chi connectivity index (χ1n) is 7.56. The molecule has 0 aliphatic heterocycles. The molecule has 3 aromatic rings. The number of hydrogen-bond acceptors (Lipinski definition) is 7. The molecule has 0 spiro atoms. The van der Waals surface area contributed by atoms with E-state index in [2.05, 4.69) is 20.0 Å². The molecule has 2 heterocycles. The Labute approximate surface area is 148 Å². The van der Waals surface area contributed by atoms with Crippen LogP contribution >= 0.6 is 0 Å². The van der Waals surface area contributed by atoms with Crippen LogP contribution < -0.4 is 14.2 Å². The summed E-state index contributed by atoms with van der Waals surface area (Å²) < 4.78 is 52.0. The average molecular weight is 381 g/mol. The fraction of sp³-hybridized carbons (Fsp3) is 0.267. The Morgan fingerprint density at radius 1 is 1.23 bits per heavy atom. The molecule has 0 bridgehead atoms. The van der Waals surface area contributed by atoms with Crippen molar-refractivity contribution < 1.29 is 22.3 Å². The number of aryl methyl sites for hydroxylation is 1. The van der Waals surface area contributed by atoms with Gasteiger partial charge in [-0.3, -0.25) is 0 Å². The van der Waals surface area contributed by atoms with E-state index in [-0.39, 0.29) is 23.8 Å². The SMILES string of the molecule is COc1ccc(S(=O)(=O)NCCOc2ccc3nnc(C)n3n2)cc1F. The zero-order valence-electron chi connectivity index (χ0n) is 14.0. The average Bonchev–Trinajstić information content (AvgIpc) is 2.99. The smallest absolute Gasteiger partial charge is 0.240 e. The summed E-state index contributed by atoms with van der Waals surface area (Å²) in [4.78, 5) is -0.199. The van der Waals surface area contributed by atoms with Gasteiger partial charge in [-0.15, -0.1) is 15.3 Å². The molecule has 1 aromatic carbocycles. The number of halogens is 1. The molecular formula is C15H16FN5O4S. The molecule has 0 aliphatic rings. The van der Waals surface area contributed by atoms with Gasteiger partial charge in [0.2, 0.25) is 15.9 Å². The Morgan fingerprint density at radius 3 is 2.77 bits per heavy atom. The van der Waals surface area contributed by atoms with Gasteiger partial charge >= 0.3 is 0 Å². The van der Waals surface area contributed by atoms with Crippen molar-refractivity contribution in [3.8, 4) is 11.6 Å². The van der Waals surface area contributed by atoms with E-state index in [0.717, 1.165) is 6.07 Å². The second-order valence-corrected chi connectivity index (χ2v) is 7.00. The molecule has 0 fully saturated rings. The zero-order valence-corrected chi connectivity index (χ0v) is 14.8. The van der Waals surface area contributed by atoms with E-state index < -0.39 is 15.8 Å². The predicted molar refractivity (Wildman–Crippen MR) is 89.2 cm³/mol. The molecule has 3 rings (SSSR count). The molecule has 0 atom stereocenters. The Balaban J connectivity index is 1.59. The lowest BCUT2D eigenvalue weighted by Gasteiger charge is -2.09. The first-order valence-corrected chi connectivity index (χ1v) is 9.04. The Morgan fingerprint density at radius 2 is 2.04 bits per heavy atom. The van der Waals surface area contributed by atoms with Crippen LogP contribution in [0.4, 0.5) is 4.39 Å². The molecule has 2 aromatic heterocycles. The maximum absolute atomic E-state index is 13.7. The molecule has 138 valence electrons. The molecule has 26 heavy (non-hydrogen) atoms. The normalized spacial score (nSPS) is 11.7. The van der Waals surface area contributed by atoms with Crippen LogP contribution in [0, 0.1) is 12.7 Å². The lowest BCUT2D eigenvalue weighted by molar-refractivity contribution is 0.305. The minimum Gasteiger partial charge on any atom is -0.494 e. The minimum absolute atomic E-state index is 0.0170. The lowest BCUT2D eigenvalue weighted by atomic mass is 10.3. The molecule has 0 radical (unpaired) electrons. The first kappa shape index (κ1) is 18.0. The van der Waals surface area contributed by atoms with Crippen molar-refractivity contribution in [3.05, 3.63) is 42.0 Å². The van der Waals surface area contributed by atoms with Crippen molar-refractivity contribution in [3.63, 3.8) is 0 Å². The van der Waals surface area contributed by atoms with Crippen molar-refractivity contribution in [1.82, 2.24) is 24.5 Å². The third-order valence-corrected chi connectivity index (χ3v) is 4.93. The molecule has 0 amide bonds. The van der Waals surface area contributed by atoms with Gasteiger partial charge in [-0.25, -0.2) is 17.5 Å². The number of sulfonamides is 1. The summed E-state index contributed by atoms with van der Waals surface area (Å²) in [6, 6.07) is 6.70. The highest BCUT2D eigenvalue weighted by Crippen LogP contribution is 2.20. The van der Waals surface area contributed by atoms with E-state index in [9.17, 15) is 12.8 Å². The highest BCUT2D eigenvalue weighted by molar-refractivity contribution is 7.89. The molecule has 0 saturated heterocycles. The van der Waals surface area contributed by atoms with Crippen LogP contribution in [0.1, 0.15) is 5.82 Å². The van der Waals surface area contributed by atoms with Crippen LogP contribution in [0.5, 0.6) is 11.6 Å². The number of hydrogen-bond donors (Lipinski definition) is 1. The van der Waals surface area contributed by atoms with Crippen molar-refractivity contribution in [2.45, 2.75) is 11.8 Å². The van der Waals surface area contributed by atoms with Crippen LogP contribution in [-0.2, 0) is 10.0 Å². The van der Waals surface area contributed by atoms with Gasteiger partial charge in [-0.2, -0.15) is 4.52 Å². The number of fused-ring (bicyclic) bond motifs is 1. The van der Waals surface area contributed by atoms with Crippen LogP contribution in [0.3, 0.4) is 0 Å². The second-order valence-electron chi connectivity index (χ2n) is 5.23. The Kier molecular flexibility index (Phi) is 5.00. The number of methoxy groups -OCH3 is 1. The van der Waals surface area contributed by atoms with Gasteiger partial charge in [-0.05, 0) is 31.2 Å². The molecule has 0 saturated carbocycles. The largest absolute Gasteiger partial charge is 0.494 e. The summed E-state index contributed by atoms with van der Waals surface area (Å²) in [7, 11) is -2.57. The van der Waals surface area contributed by atoms with Crippen molar-refractivity contribution in [1.29, 1.82) is 0 Å². The van der Waals surface area contributed by atoms with Crippen molar-refractivity contribution >= 4 is 15.7 Å². The number of ether oxygens (including phenoxy) is 2. The van der Waals surface area contributed by atoms with Crippen molar-refractivity contribution in [2.24, 2.45) is 0 Å². The fourth-order valence-corrected chi connectivity index (χ4v) is 3.21. The van der Waals surface area contributed by atoms with E-state index in [1.807, 2.05) is 0 Å². The van der Waals surface area contributed by atoms with E-state index >= 15 is 0 Å². The number of rotatable bonds is 7. The number of nitrogens with zero attached hydrogens (tertiary/aromatic N) is 4. The zero-order chi connectivity index (χ0) is 18.7. The Hall–Kier alpha value is -2.79. The summed E-state index contributed by atoms with van der Waals surface area (Å²) in [6.45, 7) is 1.77. The summed E-state index contributed by atoms with van der Waals surface area (Å²) in [6.07, 6.45) is 0. The molecule has 0 aliphatic carbocycles. The highest BCUT2D eigenvalue weighted by atomic mass is 32.2. The van der Waals surface area contributed by atoms with Gasteiger partial charge in [0, 0.05) is 12.6 Å². The Bertz CT molecular complexity index is 1040. The van der Waals surface area contributed by atoms with Crippen LogP contribution in [0.2, 0.25) is 0 Å². The topological polar surface area (TPSA) is 108 Å². The first-order chi connectivity index (χ1) is 12.4. The lowest BCUT2D eigenvalue weighted by Crippen LogP contribution is -2.28. The summed E-state index contributed by atoms with van der Waals surface area (Å²) >= 11 is 0. The van der Waals surface area contributed by atoms with E-state index in [4.69, 9.17) is 9.47 Å². The third-order valence-electron chi connectivity index (χ3n) is 3.47. The molecule has 0 unspecified atom stereocenters. The maximum atomic E-state index is 13.7. The van der Waals surface area contributed by atoms with E-state index in [1.165, 1.54) is 23.8 Å². The summed E-state index contributed by atoms with van der Waals surface area (Å²) in [5.74, 6) is 0.120. The summed E-state index contributed by atoms with van der Waals surface area (Å²) in [5.41, 5.74) is 0.581. The highest BCUT2D eigenvalue weighted by Gasteiger charge is 2.16. The minimum atomic E-state index is -3.87. The van der Waals surface area contributed by atoms with Gasteiger partial charge in [0.05, 0.1) is 12.0 Å². The molecule has 9 nitrogen and oxygen atoms in total. The van der Waals surface area contributed by atoms with Crippen molar-refractivity contribution in [2.75, 3.05) is 20.3 Å². The number of nitrogens with one attached hydrogen (secondary N) is 1. The third kappa shape index (κ3) is 3.73. The molecular weight excluding hydrogens is 365 g/mol. The predicted octanol–water partition coefficient (Wildman–Crippen LogP) is 0.938. The van der Waals surface area contributed by atoms with Crippen LogP contribution in [-0.4, -0.2) is 48.5 Å². The van der Waals surface area contributed by atoms with Crippen LogP contribution in [0.15, 0.2) is 35.2 Å². The van der Waals surface area contributed by atoms with Crippen LogP contribution in [0.25, 0.3) is 5.65 Å². The number of benzene rings is 1. The second kappa shape index (κ2) is 7.22. The van der Waals surface area contributed by atoms with E-state index in [1.54, 1.807) is 19.1 Å². The van der Waals surface area contributed by atoms with Gasteiger partial charge in [-0.1, -0.05) is 0 Å². The van der Waals surface area contributed by atoms with Gasteiger partial charge in [0.1, 0.15) is 6.61 Å². The van der Waals surface area contributed by atoms with Gasteiger partial charge in [0.25, 0.3) is 0 Å². The standard InChI is InChI=1S/C15H16FN5O4S/c1-10-18-19-14-5-6-15(20-21(10)14)25-8-7-17-26(22,23)11-3-4-13(24-2)12(16)9-11/h3-6,9,17H,7-8H2,1-2H3. The quantitative estimate of drug-likeness (QED) is 0.607. The molecule has 11 heteroatoms. The summed E-state index contributed by atoms with van der Waals surface area (Å²) in [5, 5.41) is 12.0. The fourth-order valence-electron chi connectivity index (χ4n) is 2.19. The van der Waals surface area contributed by atoms with Gasteiger partial charge < -0.3 is 9.47 Å². The maximum Gasteiger partial charge on any atom is 0.240 e.